The zero-order valence-electron chi connectivity index (χ0n) is 18.0. The molecule has 158 valence electrons. The minimum absolute atomic E-state index is 0.335. The average Bonchev–Trinajstić information content (AvgIpc) is 3.11. The Labute approximate surface area is 179 Å². The van der Waals surface area contributed by atoms with Crippen LogP contribution in [0.25, 0.3) is 11.0 Å². The number of nitrogens with one attached hydrogen (secondary N) is 1. The molecular weight excluding hydrogens is 372 g/mol. The van der Waals surface area contributed by atoms with Crippen molar-refractivity contribution in [2.24, 2.45) is 0 Å². The highest BCUT2D eigenvalue weighted by atomic mass is 16.3. The van der Waals surface area contributed by atoms with Gasteiger partial charge in [0.1, 0.15) is 5.75 Å². The van der Waals surface area contributed by atoms with E-state index >= 15 is 0 Å². The van der Waals surface area contributed by atoms with Gasteiger partial charge in [-0.2, -0.15) is 0 Å². The Morgan fingerprint density at radius 1 is 1.13 bits per heavy atom. The number of piperidine rings is 1. The molecular formula is C25H32N4O. The molecule has 5 heteroatoms. The molecule has 30 heavy (non-hydrogen) atoms. The molecule has 0 bridgehead atoms. The third-order valence-corrected chi connectivity index (χ3v) is 6.13. The van der Waals surface area contributed by atoms with Crippen LogP contribution in [-0.2, 0) is 13.0 Å². The lowest BCUT2D eigenvalue weighted by molar-refractivity contribution is 0.221. The van der Waals surface area contributed by atoms with Crippen molar-refractivity contribution < 1.29 is 5.11 Å². The molecule has 1 fully saturated rings. The van der Waals surface area contributed by atoms with Gasteiger partial charge in [-0.15, -0.1) is 0 Å². The van der Waals surface area contributed by atoms with Gasteiger partial charge >= 0.3 is 0 Å². The second-order valence-electron chi connectivity index (χ2n) is 8.32. The molecule has 0 unspecified atom stereocenters. The molecule has 0 radical (unpaired) electrons. The Morgan fingerprint density at radius 2 is 1.87 bits per heavy atom. The Kier molecular flexibility index (Phi) is 6.38. The molecule has 1 aliphatic heterocycles. The van der Waals surface area contributed by atoms with Crippen molar-refractivity contribution in [3.8, 4) is 5.75 Å². The number of hydrogen-bond acceptors (Lipinski definition) is 4. The minimum atomic E-state index is 0.335. The van der Waals surface area contributed by atoms with Crippen molar-refractivity contribution in [3.63, 3.8) is 0 Å². The number of allylic oxidation sites excluding steroid dienone is 2. The molecule has 1 aliphatic rings. The van der Waals surface area contributed by atoms with E-state index in [-0.39, 0.29) is 0 Å². The number of anilines is 1. The van der Waals surface area contributed by atoms with Crippen molar-refractivity contribution in [2.75, 3.05) is 25.0 Å². The maximum Gasteiger partial charge on any atom is 0.204 e. The van der Waals surface area contributed by atoms with Gasteiger partial charge in [-0.1, -0.05) is 35.9 Å². The van der Waals surface area contributed by atoms with E-state index in [0.717, 1.165) is 56.9 Å². The monoisotopic (exact) mass is 404 g/mol. The molecule has 3 aromatic rings. The molecule has 2 aromatic carbocycles. The Hall–Kier alpha value is -2.79. The number of imidazole rings is 1. The number of rotatable bonds is 7. The number of aromatic hydroxyl groups is 1. The summed E-state index contributed by atoms with van der Waals surface area (Å²) < 4.78 is 2.31. The molecule has 0 atom stereocenters. The quantitative estimate of drug-likeness (QED) is 0.554. The molecule has 5 nitrogen and oxygen atoms in total. The largest absolute Gasteiger partial charge is 0.508 e. The fraction of sp³-hybridized carbons (Fsp3) is 0.400. The molecule has 0 aliphatic carbocycles. The van der Waals surface area contributed by atoms with Crippen molar-refractivity contribution in [3.05, 3.63) is 65.7 Å². The van der Waals surface area contributed by atoms with Gasteiger partial charge in [-0.3, -0.25) is 0 Å². The van der Waals surface area contributed by atoms with Gasteiger partial charge in [0.15, 0.2) is 0 Å². The zero-order chi connectivity index (χ0) is 20.9. The summed E-state index contributed by atoms with van der Waals surface area (Å²) in [5.74, 6) is 1.32. The number of hydrogen-bond donors (Lipinski definition) is 2. The van der Waals surface area contributed by atoms with E-state index in [0.29, 0.717) is 11.8 Å². The van der Waals surface area contributed by atoms with Crippen LogP contribution in [0, 0.1) is 0 Å². The second-order valence-corrected chi connectivity index (χ2v) is 8.32. The fourth-order valence-corrected chi connectivity index (χ4v) is 4.12. The van der Waals surface area contributed by atoms with E-state index in [1.165, 1.54) is 16.7 Å². The number of phenols is 1. The third kappa shape index (κ3) is 4.85. The van der Waals surface area contributed by atoms with Crippen LogP contribution in [0.5, 0.6) is 5.75 Å². The summed E-state index contributed by atoms with van der Waals surface area (Å²) in [7, 11) is 0. The van der Waals surface area contributed by atoms with E-state index < -0.39 is 0 Å². The maximum atomic E-state index is 9.42. The topological polar surface area (TPSA) is 53.3 Å². The zero-order valence-corrected chi connectivity index (χ0v) is 18.0. The van der Waals surface area contributed by atoms with Crippen LogP contribution in [0.4, 0.5) is 5.95 Å². The van der Waals surface area contributed by atoms with E-state index in [4.69, 9.17) is 4.98 Å². The normalized spacial score (nSPS) is 16.3. The van der Waals surface area contributed by atoms with Gasteiger partial charge in [0.2, 0.25) is 5.95 Å². The van der Waals surface area contributed by atoms with E-state index in [9.17, 15) is 5.11 Å². The second kappa shape index (κ2) is 9.35. The number of para-hydroxylation sites is 2. The highest BCUT2D eigenvalue weighted by molar-refractivity contribution is 5.78. The van der Waals surface area contributed by atoms with E-state index in [1.807, 2.05) is 12.1 Å². The highest BCUT2D eigenvalue weighted by Gasteiger charge is 2.21. The fourth-order valence-electron chi connectivity index (χ4n) is 4.12. The van der Waals surface area contributed by atoms with Crippen molar-refractivity contribution in [1.82, 2.24) is 14.5 Å². The van der Waals surface area contributed by atoms with E-state index in [2.05, 4.69) is 59.0 Å². The lowest BCUT2D eigenvalue weighted by Crippen LogP contribution is -2.40. The van der Waals surface area contributed by atoms with Gasteiger partial charge in [0.25, 0.3) is 0 Å². The number of nitrogens with zero attached hydrogens (tertiary/aromatic N) is 3. The summed E-state index contributed by atoms with van der Waals surface area (Å²) in [5.41, 5.74) is 4.86. The summed E-state index contributed by atoms with van der Waals surface area (Å²) in [6.07, 6.45) is 5.45. The first-order valence-electron chi connectivity index (χ1n) is 11.0. The predicted octanol–water partition coefficient (Wildman–Crippen LogP) is 4.83. The van der Waals surface area contributed by atoms with Crippen LogP contribution >= 0.6 is 0 Å². The summed E-state index contributed by atoms with van der Waals surface area (Å²) in [5, 5.41) is 13.2. The van der Waals surface area contributed by atoms with Crippen LogP contribution in [0.15, 0.2) is 60.2 Å². The summed E-state index contributed by atoms with van der Waals surface area (Å²) in [6.45, 7) is 8.40. The maximum absolute atomic E-state index is 9.42. The van der Waals surface area contributed by atoms with Gasteiger partial charge in [-0.25, -0.2) is 4.98 Å². The molecule has 0 spiro atoms. The lowest BCUT2D eigenvalue weighted by Gasteiger charge is -2.32. The summed E-state index contributed by atoms with van der Waals surface area (Å²) in [6, 6.07) is 16.4. The van der Waals surface area contributed by atoms with Crippen LogP contribution in [0.3, 0.4) is 0 Å². The first kappa shape index (κ1) is 20.5. The lowest BCUT2D eigenvalue weighted by atomic mass is 10.0. The van der Waals surface area contributed by atoms with Gasteiger partial charge in [0.05, 0.1) is 11.0 Å². The third-order valence-electron chi connectivity index (χ3n) is 6.13. The standard InChI is InChI=1S/C25H32N4O/c1-3-19(2)18-29-24-7-5-4-6-23(24)27-25(29)26-21-13-16-28(17-14-21)15-12-20-8-10-22(30)11-9-20/h3-11,21,30H,12-18H2,1-2H3,(H,26,27)/b19-3+. The van der Waals surface area contributed by atoms with Crippen molar-refractivity contribution in [2.45, 2.75) is 45.7 Å². The van der Waals surface area contributed by atoms with Crippen LogP contribution in [0.1, 0.15) is 32.3 Å². The molecule has 2 heterocycles. The average molecular weight is 405 g/mol. The van der Waals surface area contributed by atoms with Crippen LogP contribution < -0.4 is 5.32 Å². The number of phenolic OH excluding ortho intramolecular Hbond substituents is 1. The van der Waals surface area contributed by atoms with Crippen LogP contribution in [0.2, 0.25) is 0 Å². The van der Waals surface area contributed by atoms with E-state index in [1.54, 1.807) is 12.1 Å². The molecule has 4 rings (SSSR count). The Morgan fingerprint density at radius 3 is 2.60 bits per heavy atom. The van der Waals surface area contributed by atoms with Gasteiger partial charge in [0, 0.05) is 32.2 Å². The molecule has 0 saturated carbocycles. The molecule has 0 amide bonds. The first-order chi connectivity index (χ1) is 14.6. The first-order valence-corrected chi connectivity index (χ1v) is 11.0. The Balaban J connectivity index is 1.36. The SMILES string of the molecule is C/C=C(\C)Cn1c(NC2CCN(CCc3ccc(O)cc3)CC2)nc2ccccc21. The number of likely N-dealkylation sites (tertiary alicyclic amines) is 1. The highest BCUT2D eigenvalue weighted by Crippen LogP contribution is 2.24. The van der Waals surface area contributed by atoms with Crippen LogP contribution in [-0.4, -0.2) is 45.2 Å². The van der Waals surface area contributed by atoms with Crippen molar-refractivity contribution >= 4 is 17.0 Å². The summed E-state index contributed by atoms with van der Waals surface area (Å²) in [4.78, 5) is 7.43. The number of aromatic nitrogens is 2. The van der Waals surface area contributed by atoms with Gasteiger partial charge in [-0.05, 0) is 62.9 Å². The van der Waals surface area contributed by atoms with Gasteiger partial charge < -0.3 is 19.9 Å². The van der Waals surface area contributed by atoms with Crippen molar-refractivity contribution in [1.29, 1.82) is 0 Å². The number of fused-ring (bicyclic) bond motifs is 1. The predicted molar refractivity (Wildman–Crippen MR) is 124 cm³/mol. The minimum Gasteiger partial charge on any atom is -0.508 e. The number of benzene rings is 2. The molecule has 1 aromatic heterocycles. The molecule has 2 N–H and O–H groups in total. The smallest absolute Gasteiger partial charge is 0.204 e. The summed E-state index contributed by atoms with van der Waals surface area (Å²) >= 11 is 0. The Bertz CT molecular complexity index is 998. The molecule has 1 saturated heterocycles.